The molecule has 4 aromatic rings. The van der Waals surface area contributed by atoms with Gasteiger partial charge >= 0.3 is 12.2 Å². The van der Waals surface area contributed by atoms with Gasteiger partial charge in [0.2, 0.25) is 0 Å². The first-order chi connectivity index (χ1) is 16.8. The lowest BCUT2D eigenvalue weighted by Gasteiger charge is -2.10. The fraction of sp³-hybridized carbons (Fsp3) is 0.250. The maximum Gasteiger partial charge on any atom is 0.416 e. The number of halogens is 3. The fourth-order valence-corrected chi connectivity index (χ4v) is 4.05. The molecule has 0 saturated heterocycles. The number of nitrogens with one attached hydrogen (secondary N) is 3. The highest BCUT2D eigenvalue weighted by molar-refractivity contribution is 6.06. The third-order valence-corrected chi connectivity index (χ3v) is 6.01. The van der Waals surface area contributed by atoms with Gasteiger partial charge in [0, 0.05) is 22.8 Å². The number of aromatic nitrogens is 1. The summed E-state index contributed by atoms with van der Waals surface area (Å²) in [6.07, 6.45) is 3.31. The molecule has 0 radical (unpaired) electrons. The summed E-state index contributed by atoms with van der Waals surface area (Å²) in [5, 5.41) is 6.19. The zero-order valence-electron chi connectivity index (χ0n) is 19.5. The number of urea groups is 1. The van der Waals surface area contributed by atoms with Crippen molar-refractivity contribution in [3.8, 4) is 11.1 Å². The van der Waals surface area contributed by atoms with Crippen molar-refractivity contribution in [1.29, 1.82) is 0 Å². The third-order valence-electron chi connectivity index (χ3n) is 6.01. The Hall–Kier alpha value is -3.74. The molecule has 0 aliphatic rings. The Morgan fingerprint density at radius 3 is 2.26 bits per heavy atom. The number of H-pyrrole nitrogens is 1. The second-order valence-corrected chi connectivity index (χ2v) is 8.62. The van der Waals surface area contributed by atoms with Gasteiger partial charge in [-0.15, -0.1) is 0 Å². The Morgan fingerprint density at radius 2 is 1.57 bits per heavy atom. The minimum absolute atomic E-state index is 0.269. The van der Waals surface area contributed by atoms with Crippen LogP contribution in [0.3, 0.4) is 0 Å². The molecule has 1 heterocycles. The predicted molar refractivity (Wildman–Crippen MR) is 136 cm³/mol. The highest BCUT2D eigenvalue weighted by atomic mass is 19.4. The molecular formula is C28H28F3N3O. The van der Waals surface area contributed by atoms with Gasteiger partial charge < -0.3 is 15.6 Å². The molecule has 7 heteroatoms. The standard InChI is InChI=1S/C28H28F3N3O/c1-2-3-4-5-6-19-7-9-20(10-8-19)21-11-16-25-24(17-21)26(18-32-25)34-27(35)33-23-14-12-22(13-15-23)28(29,30)31/h7-18,32H,2-6H2,1H3,(H2,33,34,35). The molecule has 0 saturated carbocycles. The van der Waals surface area contributed by atoms with E-state index in [4.69, 9.17) is 0 Å². The molecule has 0 atom stereocenters. The topological polar surface area (TPSA) is 56.9 Å². The molecular weight excluding hydrogens is 451 g/mol. The highest BCUT2D eigenvalue weighted by Gasteiger charge is 2.30. The molecule has 2 amide bonds. The van der Waals surface area contributed by atoms with E-state index in [1.165, 1.54) is 43.4 Å². The molecule has 0 spiro atoms. The summed E-state index contributed by atoms with van der Waals surface area (Å²) in [5.41, 5.74) is 4.40. The monoisotopic (exact) mass is 479 g/mol. The van der Waals surface area contributed by atoms with Crippen LogP contribution in [0.15, 0.2) is 72.9 Å². The number of carbonyl (C=O) groups excluding carboxylic acids is 1. The smallest absolute Gasteiger partial charge is 0.359 e. The summed E-state index contributed by atoms with van der Waals surface area (Å²) in [6, 6.07) is 18.3. The molecule has 3 aromatic carbocycles. The van der Waals surface area contributed by atoms with Gasteiger partial charge in [-0.05, 0) is 65.9 Å². The summed E-state index contributed by atoms with van der Waals surface area (Å²) in [7, 11) is 0. The maximum atomic E-state index is 12.7. The molecule has 0 aliphatic heterocycles. The SMILES string of the molecule is CCCCCCc1ccc(-c2ccc3[nH]cc(NC(=O)Nc4ccc(C(F)(F)F)cc4)c3c2)cc1. The Morgan fingerprint density at radius 1 is 0.857 bits per heavy atom. The first-order valence-corrected chi connectivity index (χ1v) is 11.8. The number of aryl methyl sites for hydroxylation is 1. The molecule has 0 fully saturated rings. The first kappa shape index (κ1) is 24.4. The quantitative estimate of drug-likeness (QED) is 0.218. The summed E-state index contributed by atoms with van der Waals surface area (Å²) in [5.74, 6) is 0. The number of aromatic amines is 1. The number of rotatable bonds is 8. The number of hydrogen-bond donors (Lipinski definition) is 3. The predicted octanol–water partition coefficient (Wildman–Crippen LogP) is 8.62. The van der Waals surface area contributed by atoms with E-state index in [0.29, 0.717) is 5.69 Å². The number of anilines is 2. The van der Waals surface area contributed by atoms with E-state index in [1.54, 1.807) is 6.20 Å². The van der Waals surface area contributed by atoms with Gasteiger partial charge in [-0.1, -0.05) is 56.5 Å². The second-order valence-electron chi connectivity index (χ2n) is 8.62. The summed E-state index contributed by atoms with van der Waals surface area (Å²) in [4.78, 5) is 15.6. The van der Waals surface area contributed by atoms with Crippen molar-refractivity contribution in [3.05, 3.63) is 84.1 Å². The van der Waals surface area contributed by atoms with E-state index < -0.39 is 17.8 Å². The number of benzene rings is 3. The molecule has 4 rings (SSSR count). The van der Waals surface area contributed by atoms with Crippen LogP contribution in [-0.2, 0) is 12.6 Å². The molecule has 35 heavy (non-hydrogen) atoms. The third kappa shape index (κ3) is 6.23. The van der Waals surface area contributed by atoms with Crippen LogP contribution in [0.2, 0.25) is 0 Å². The molecule has 4 nitrogen and oxygen atoms in total. The van der Waals surface area contributed by atoms with Gasteiger partial charge in [0.05, 0.1) is 11.3 Å². The van der Waals surface area contributed by atoms with Crippen molar-refractivity contribution in [1.82, 2.24) is 4.98 Å². The summed E-state index contributed by atoms with van der Waals surface area (Å²) < 4.78 is 38.2. The van der Waals surface area contributed by atoms with Crippen LogP contribution < -0.4 is 10.6 Å². The largest absolute Gasteiger partial charge is 0.416 e. The fourth-order valence-electron chi connectivity index (χ4n) is 4.05. The summed E-state index contributed by atoms with van der Waals surface area (Å²) >= 11 is 0. The Balaban J connectivity index is 1.44. The van der Waals surface area contributed by atoms with Crippen molar-refractivity contribution in [2.75, 3.05) is 10.6 Å². The van der Waals surface area contributed by atoms with E-state index in [2.05, 4.69) is 46.8 Å². The van der Waals surface area contributed by atoms with Crippen LogP contribution in [0.25, 0.3) is 22.0 Å². The van der Waals surface area contributed by atoms with E-state index in [-0.39, 0.29) is 5.69 Å². The summed E-state index contributed by atoms with van der Waals surface area (Å²) in [6.45, 7) is 2.21. The highest BCUT2D eigenvalue weighted by Crippen LogP contribution is 2.31. The van der Waals surface area contributed by atoms with Gasteiger partial charge in [0.25, 0.3) is 0 Å². The van der Waals surface area contributed by atoms with Crippen LogP contribution in [0.5, 0.6) is 0 Å². The first-order valence-electron chi connectivity index (χ1n) is 11.8. The second kappa shape index (κ2) is 10.7. The van der Waals surface area contributed by atoms with Crippen LogP contribution in [0.1, 0.15) is 43.7 Å². The average Bonchev–Trinajstić information content (AvgIpc) is 3.24. The lowest BCUT2D eigenvalue weighted by atomic mass is 10.00. The van der Waals surface area contributed by atoms with E-state index in [0.717, 1.165) is 40.6 Å². The van der Waals surface area contributed by atoms with Gasteiger partial charge in [-0.2, -0.15) is 13.2 Å². The normalized spacial score (nSPS) is 11.5. The molecule has 1 aromatic heterocycles. The van der Waals surface area contributed by atoms with Crippen molar-refractivity contribution in [3.63, 3.8) is 0 Å². The van der Waals surface area contributed by atoms with E-state index in [9.17, 15) is 18.0 Å². The average molecular weight is 480 g/mol. The van der Waals surface area contributed by atoms with Crippen LogP contribution in [0, 0.1) is 0 Å². The molecule has 0 bridgehead atoms. The minimum atomic E-state index is -4.42. The molecule has 0 aliphatic carbocycles. The minimum Gasteiger partial charge on any atom is -0.359 e. The maximum absolute atomic E-state index is 12.7. The van der Waals surface area contributed by atoms with Gasteiger partial charge in [0.1, 0.15) is 0 Å². The molecule has 0 unspecified atom stereocenters. The van der Waals surface area contributed by atoms with Crippen molar-refractivity contribution >= 4 is 28.3 Å². The number of unbranched alkanes of at least 4 members (excludes halogenated alkanes) is 3. The van der Waals surface area contributed by atoms with E-state index >= 15 is 0 Å². The van der Waals surface area contributed by atoms with Gasteiger partial charge in [0.15, 0.2) is 0 Å². The lowest BCUT2D eigenvalue weighted by molar-refractivity contribution is -0.137. The molecule has 3 N–H and O–H groups in total. The van der Waals surface area contributed by atoms with Crippen molar-refractivity contribution in [2.45, 2.75) is 45.2 Å². The van der Waals surface area contributed by atoms with E-state index in [1.807, 2.05) is 18.2 Å². The lowest BCUT2D eigenvalue weighted by Crippen LogP contribution is -2.19. The zero-order valence-corrected chi connectivity index (χ0v) is 19.5. The number of carbonyl (C=O) groups is 1. The van der Waals surface area contributed by atoms with Gasteiger partial charge in [-0.3, -0.25) is 0 Å². The zero-order chi connectivity index (χ0) is 24.8. The van der Waals surface area contributed by atoms with Crippen molar-refractivity contribution < 1.29 is 18.0 Å². The van der Waals surface area contributed by atoms with Crippen LogP contribution in [0.4, 0.5) is 29.3 Å². The van der Waals surface area contributed by atoms with Crippen LogP contribution >= 0.6 is 0 Å². The Kier molecular flexibility index (Phi) is 7.44. The molecule has 182 valence electrons. The number of alkyl halides is 3. The number of fused-ring (bicyclic) bond motifs is 1. The van der Waals surface area contributed by atoms with Crippen molar-refractivity contribution in [2.24, 2.45) is 0 Å². The Labute approximate surface area is 202 Å². The number of amides is 2. The van der Waals surface area contributed by atoms with Gasteiger partial charge in [-0.25, -0.2) is 4.79 Å². The Bertz CT molecular complexity index is 1280. The number of hydrogen-bond acceptors (Lipinski definition) is 1. The van der Waals surface area contributed by atoms with Crippen LogP contribution in [-0.4, -0.2) is 11.0 Å².